The van der Waals surface area contributed by atoms with Crippen LogP contribution in [0.3, 0.4) is 0 Å². The number of carbonyl (C=O) groups is 1. The second-order valence-electron chi connectivity index (χ2n) is 8.80. The molecule has 3 aromatic rings. The summed E-state index contributed by atoms with van der Waals surface area (Å²) in [5, 5.41) is 4.99. The van der Waals surface area contributed by atoms with Gasteiger partial charge in [-0.1, -0.05) is 12.1 Å². The molecule has 166 valence electrons. The van der Waals surface area contributed by atoms with Gasteiger partial charge in [-0.2, -0.15) is 4.98 Å². The molecule has 1 saturated heterocycles. The van der Waals surface area contributed by atoms with Crippen molar-refractivity contribution in [1.82, 2.24) is 24.9 Å². The lowest BCUT2D eigenvalue weighted by molar-refractivity contribution is 0.0134. The van der Waals surface area contributed by atoms with E-state index in [1.54, 1.807) is 17.3 Å². The second-order valence-corrected chi connectivity index (χ2v) is 8.80. The number of piperidine rings is 1. The van der Waals surface area contributed by atoms with Gasteiger partial charge in [-0.3, -0.25) is 9.88 Å². The van der Waals surface area contributed by atoms with E-state index in [4.69, 9.17) is 13.7 Å². The highest BCUT2D eigenvalue weighted by atomic mass is 16.6. The first-order valence-electron chi connectivity index (χ1n) is 10.7. The molecule has 9 heteroatoms. The highest BCUT2D eigenvalue weighted by Gasteiger charge is 2.30. The zero-order valence-corrected chi connectivity index (χ0v) is 18.5. The molecule has 9 nitrogen and oxygen atoms in total. The predicted octanol–water partition coefficient (Wildman–Crippen LogP) is 4.10. The fraction of sp³-hybridized carbons (Fsp3) is 0.545. The van der Waals surface area contributed by atoms with Gasteiger partial charge in [0.05, 0.1) is 6.54 Å². The number of carbonyl (C=O) groups excluding carboxylic acids is 1. The molecule has 0 N–H and O–H groups in total. The maximum absolute atomic E-state index is 12.3. The summed E-state index contributed by atoms with van der Waals surface area (Å²) in [6, 6.07) is 4.01. The molecule has 0 saturated carbocycles. The van der Waals surface area contributed by atoms with Gasteiger partial charge in [-0.15, -0.1) is 0 Å². The molecule has 0 aliphatic carbocycles. The van der Waals surface area contributed by atoms with E-state index >= 15 is 0 Å². The van der Waals surface area contributed by atoms with Gasteiger partial charge in [0.15, 0.2) is 5.76 Å². The molecular formula is C22H29N5O4. The van der Waals surface area contributed by atoms with E-state index < -0.39 is 5.60 Å². The molecular weight excluding hydrogens is 398 g/mol. The van der Waals surface area contributed by atoms with Gasteiger partial charge in [-0.25, -0.2) is 4.79 Å². The Hall–Kier alpha value is -2.94. The molecule has 0 spiro atoms. The lowest BCUT2D eigenvalue weighted by Crippen LogP contribution is -2.47. The summed E-state index contributed by atoms with van der Waals surface area (Å²) < 4.78 is 16.8. The molecule has 3 aromatic heterocycles. The Balaban J connectivity index is 1.36. The average molecular weight is 428 g/mol. The van der Waals surface area contributed by atoms with Crippen molar-refractivity contribution in [2.24, 2.45) is 0 Å². The highest BCUT2D eigenvalue weighted by Crippen LogP contribution is 2.26. The summed E-state index contributed by atoms with van der Waals surface area (Å²) in [6.45, 7) is 10.5. The van der Waals surface area contributed by atoms with Gasteiger partial charge in [0.2, 0.25) is 11.7 Å². The summed E-state index contributed by atoms with van der Waals surface area (Å²) in [4.78, 5) is 25.0. The Bertz CT molecular complexity index is 997. The Kier molecular flexibility index (Phi) is 5.95. The minimum atomic E-state index is -0.477. The van der Waals surface area contributed by atoms with Crippen LogP contribution in [0.5, 0.6) is 0 Å². The Morgan fingerprint density at radius 1 is 1.32 bits per heavy atom. The van der Waals surface area contributed by atoms with Gasteiger partial charge in [0.1, 0.15) is 11.2 Å². The molecule has 0 radical (unpaired) electrons. The minimum absolute atomic E-state index is 0.239. The number of furan rings is 1. The highest BCUT2D eigenvalue weighted by molar-refractivity contribution is 5.80. The van der Waals surface area contributed by atoms with E-state index in [0.717, 1.165) is 30.4 Å². The average Bonchev–Trinajstić information content (AvgIpc) is 3.37. The molecule has 4 rings (SSSR count). The summed E-state index contributed by atoms with van der Waals surface area (Å²) >= 11 is 0. The van der Waals surface area contributed by atoms with Crippen molar-refractivity contribution in [1.29, 1.82) is 0 Å². The molecule has 1 amide bonds. The largest absolute Gasteiger partial charge is 0.452 e. The molecule has 0 bridgehead atoms. The van der Waals surface area contributed by atoms with E-state index in [0.29, 0.717) is 43.2 Å². The number of hydrogen-bond donors (Lipinski definition) is 0. The van der Waals surface area contributed by atoms with Gasteiger partial charge < -0.3 is 18.6 Å². The van der Waals surface area contributed by atoms with E-state index in [1.165, 1.54) is 0 Å². The Labute approximate surface area is 181 Å². The number of aromatic nitrogens is 3. The first-order chi connectivity index (χ1) is 14.8. The normalized spacial score (nSPS) is 15.7. The number of nitrogens with zero attached hydrogens (tertiary/aromatic N) is 5. The number of ether oxygens (including phenoxy) is 1. The molecule has 1 aliphatic rings. The number of fused-ring (bicyclic) bond motifs is 1. The monoisotopic (exact) mass is 427 g/mol. The van der Waals surface area contributed by atoms with Gasteiger partial charge >= 0.3 is 6.09 Å². The summed E-state index contributed by atoms with van der Waals surface area (Å²) in [7, 11) is 0. The van der Waals surface area contributed by atoms with Crippen molar-refractivity contribution in [3.8, 4) is 11.6 Å². The van der Waals surface area contributed by atoms with Gasteiger partial charge in [0.25, 0.3) is 0 Å². The topological polar surface area (TPSA) is 97.7 Å². The van der Waals surface area contributed by atoms with Crippen LogP contribution in [0.4, 0.5) is 4.79 Å². The van der Waals surface area contributed by atoms with Crippen LogP contribution in [-0.4, -0.2) is 62.3 Å². The first kappa shape index (κ1) is 21.3. The smallest absolute Gasteiger partial charge is 0.410 e. The summed E-state index contributed by atoms with van der Waals surface area (Å²) in [5.74, 6) is 1.54. The molecule has 1 aliphatic heterocycles. The van der Waals surface area contributed by atoms with Crippen molar-refractivity contribution < 1.29 is 18.5 Å². The zero-order valence-electron chi connectivity index (χ0n) is 18.5. The van der Waals surface area contributed by atoms with Crippen LogP contribution in [0, 0.1) is 0 Å². The molecule has 31 heavy (non-hydrogen) atoms. The Morgan fingerprint density at radius 3 is 2.77 bits per heavy atom. The van der Waals surface area contributed by atoms with E-state index in [1.807, 2.05) is 32.9 Å². The minimum Gasteiger partial charge on any atom is -0.452 e. The number of amides is 1. The van der Waals surface area contributed by atoms with Crippen molar-refractivity contribution in [2.75, 3.05) is 19.6 Å². The van der Waals surface area contributed by atoms with Crippen LogP contribution in [0.1, 0.15) is 46.4 Å². The lowest BCUT2D eigenvalue weighted by Gasteiger charge is -2.38. The fourth-order valence-electron chi connectivity index (χ4n) is 3.83. The lowest BCUT2D eigenvalue weighted by atomic mass is 10.0. The maximum atomic E-state index is 12.3. The molecule has 0 unspecified atom stereocenters. The molecule has 0 aromatic carbocycles. The molecule has 4 heterocycles. The van der Waals surface area contributed by atoms with Crippen molar-refractivity contribution in [3.05, 3.63) is 30.4 Å². The van der Waals surface area contributed by atoms with Crippen LogP contribution in [0.15, 0.2) is 33.5 Å². The molecule has 0 atom stereocenters. The van der Waals surface area contributed by atoms with Crippen molar-refractivity contribution in [3.63, 3.8) is 0 Å². The van der Waals surface area contributed by atoms with Crippen LogP contribution < -0.4 is 0 Å². The standard InChI is InChI=1S/C22H29N5O4/c1-5-26(16-7-10-27(11-8-16)21(28)30-22(2,3)4)14-19-24-20(25-31-19)18-12-15-13-23-9-6-17(15)29-18/h6,9,12-13,16H,5,7-8,10-11,14H2,1-4H3. The summed E-state index contributed by atoms with van der Waals surface area (Å²) in [6.07, 6.45) is 4.95. The van der Waals surface area contributed by atoms with Gasteiger partial charge in [0, 0.05) is 36.9 Å². The van der Waals surface area contributed by atoms with Crippen LogP contribution in [-0.2, 0) is 11.3 Å². The third-order valence-electron chi connectivity index (χ3n) is 5.38. The second kappa shape index (κ2) is 8.66. The van der Waals surface area contributed by atoms with Crippen LogP contribution in [0.2, 0.25) is 0 Å². The maximum Gasteiger partial charge on any atom is 0.410 e. The number of pyridine rings is 1. The number of rotatable bonds is 5. The van der Waals surface area contributed by atoms with E-state index in [2.05, 4.69) is 26.9 Å². The Morgan fingerprint density at radius 2 is 2.10 bits per heavy atom. The zero-order chi connectivity index (χ0) is 22.0. The van der Waals surface area contributed by atoms with E-state index in [-0.39, 0.29) is 6.09 Å². The van der Waals surface area contributed by atoms with Gasteiger partial charge in [-0.05, 0) is 52.3 Å². The SMILES string of the molecule is CCN(Cc1nc(-c2cc3cnccc3o2)no1)C1CCN(C(=O)OC(C)(C)C)CC1. The van der Waals surface area contributed by atoms with Crippen molar-refractivity contribution >= 4 is 17.1 Å². The third kappa shape index (κ3) is 5.04. The van der Waals surface area contributed by atoms with Crippen LogP contribution >= 0.6 is 0 Å². The van der Waals surface area contributed by atoms with Crippen LogP contribution in [0.25, 0.3) is 22.6 Å². The first-order valence-corrected chi connectivity index (χ1v) is 10.7. The fourth-order valence-corrected chi connectivity index (χ4v) is 3.83. The van der Waals surface area contributed by atoms with Crippen molar-refractivity contribution in [2.45, 2.75) is 58.7 Å². The number of hydrogen-bond acceptors (Lipinski definition) is 8. The van der Waals surface area contributed by atoms with E-state index in [9.17, 15) is 4.79 Å². The third-order valence-corrected chi connectivity index (χ3v) is 5.38. The molecule has 1 fully saturated rings. The predicted molar refractivity (Wildman–Crippen MR) is 114 cm³/mol. The number of likely N-dealkylation sites (tertiary alicyclic amines) is 1. The quantitative estimate of drug-likeness (QED) is 0.600. The summed E-state index contributed by atoms with van der Waals surface area (Å²) in [5.41, 5.74) is 0.262.